The van der Waals surface area contributed by atoms with Crippen LogP contribution < -0.4 is 5.73 Å². The van der Waals surface area contributed by atoms with Crippen molar-refractivity contribution in [3.63, 3.8) is 0 Å². The first-order valence-electron chi connectivity index (χ1n) is 7.66. The number of rotatable bonds is 3. The molecule has 1 aliphatic carbocycles. The number of hydrogen-bond acceptors (Lipinski definition) is 2. The van der Waals surface area contributed by atoms with Gasteiger partial charge < -0.3 is 15.4 Å². The summed E-state index contributed by atoms with van der Waals surface area (Å²) in [6.45, 7) is 6.93. The fraction of sp³-hybridized carbons (Fsp3) is 0.294. The third kappa shape index (κ3) is 2.84. The first kappa shape index (κ1) is 18.8. The predicted octanol–water partition coefficient (Wildman–Crippen LogP) is 3.36. The standard InChI is InChI=1S/C17H12F5N3O2/c1-24-11-6-8(2-3-10(11)18)25-7-9(17(21,22)15(23)27)13-12(25)4-5-16(19,20)14(13)26/h2-3,6-7,14,26H,4-5H2,(H2,23,27). The van der Waals surface area contributed by atoms with Crippen molar-refractivity contribution in [2.45, 2.75) is 30.8 Å². The lowest BCUT2D eigenvalue weighted by atomic mass is 9.87. The van der Waals surface area contributed by atoms with Crippen molar-refractivity contribution in [2.75, 3.05) is 0 Å². The Bertz CT molecular complexity index is 978. The summed E-state index contributed by atoms with van der Waals surface area (Å²) < 4.78 is 71.0. The summed E-state index contributed by atoms with van der Waals surface area (Å²) in [5, 5.41) is 9.96. The number of nitrogens with two attached hydrogens (primary N) is 1. The van der Waals surface area contributed by atoms with E-state index in [2.05, 4.69) is 4.85 Å². The number of aromatic nitrogens is 1. The molecule has 0 spiro atoms. The summed E-state index contributed by atoms with van der Waals surface area (Å²) in [7, 11) is 0. The van der Waals surface area contributed by atoms with E-state index >= 15 is 0 Å². The number of nitrogens with zero attached hydrogens (tertiary/aromatic N) is 2. The average Bonchev–Trinajstić information content (AvgIpc) is 2.99. The second kappa shape index (κ2) is 6.06. The number of amides is 1. The number of carbonyl (C=O) groups excluding carboxylic acids is 1. The summed E-state index contributed by atoms with van der Waals surface area (Å²) in [5.74, 6) is -10.9. The van der Waals surface area contributed by atoms with Crippen LogP contribution >= 0.6 is 0 Å². The zero-order valence-corrected chi connectivity index (χ0v) is 13.5. The van der Waals surface area contributed by atoms with Crippen LogP contribution in [0, 0.1) is 12.4 Å². The minimum Gasteiger partial charge on any atom is -0.382 e. The number of halogens is 5. The van der Waals surface area contributed by atoms with Gasteiger partial charge >= 0.3 is 5.92 Å². The average molecular weight is 385 g/mol. The second-order valence-electron chi connectivity index (χ2n) is 6.12. The van der Waals surface area contributed by atoms with Gasteiger partial charge in [-0.1, -0.05) is 0 Å². The third-order valence-corrected chi connectivity index (χ3v) is 4.49. The molecule has 27 heavy (non-hydrogen) atoms. The number of primary amides is 1. The molecular weight excluding hydrogens is 373 g/mol. The van der Waals surface area contributed by atoms with Gasteiger partial charge in [0.05, 0.1) is 12.1 Å². The molecule has 0 radical (unpaired) electrons. The van der Waals surface area contributed by atoms with E-state index in [1.54, 1.807) is 0 Å². The highest BCUT2D eigenvalue weighted by atomic mass is 19.3. The van der Waals surface area contributed by atoms with Gasteiger partial charge in [0.2, 0.25) is 5.69 Å². The number of carbonyl (C=O) groups is 1. The van der Waals surface area contributed by atoms with E-state index in [4.69, 9.17) is 12.3 Å². The molecule has 0 aliphatic heterocycles. The van der Waals surface area contributed by atoms with E-state index in [0.717, 1.165) is 22.8 Å². The molecule has 1 aromatic heterocycles. The maximum atomic E-state index is 14.3. The Labute approximate surface area is 149 Å². The predicted molar refractivity (Wildman–Crippen MR) is 83.3 cm³/mol. The molecule has 3 N–H and O–H groups in total. The molecule has 0 saturated heterocycles. The molecule has 1 aromatic carbocycles. The lowest BCUT2D eigenvalue weighted by molar-refractivity contribution is -0.145. The zero-order valence-electron chi connectivity index (χ0n) is 13.5. The Balaban J connectivity index is 2.30. The molecule has 0 bridgehead atoms. The summed E-state index contributed by atoms with van der Waals surface area (Å²) in [4.78, 5) is 14.1. The largest absolute Gasteiger partial charge is 0.382 e. The van der Waals surface area contributed by atoms with Crippen LogP contribution in [-0.4, -0.2) is 21.5 Å². The zero-order chi connectivity index (χ0) is 20.1. The summed E-state index contributed by atoms with van der Waals surface area (Å²) >= 11 is 0. The van der Waals surface area contributed by atoms with Crippen LogP contribution in [0.25, 0.3) is 10.5 Å². The molecular formula is C17H12F5N3O2. The van der Waals surface area contributed by atoms with Crippen LogP contribution in [0.1, 0.15) is 29.3 Å². The molecule has 0 saturated carbocycles. The Hall–Kier alpha value is -2.93. The maximum absolute atomic E-state index is 14.3. The minimum atomic E-state index is -4.31. The highest BCUT2D eigenvalue weighted by molar-refractivity contribution is 5.84. The van der Waals surface area contributed by atoms with Crippen molar-refractivity contribution in [2.24, 2.45) is 5.73 Å². The molecule has 1 unspecified atom stereocenters. The van der Waals surface area contributed by atoms with Crippen LogP contribution in [0.15, 0.2) is 24.4 Å². The molecule has 1 aliphatic rings. The van der Waals surface area contributed by atoms with Crippen molar-refractivity contribution >= 4 is 11.6 Å². The normalized spacial score (nSPS) is 18.6. The van der Waals surface area contributed by atoms with E-state index in [0.29, 0.717) is 6.20 Å². The smallest absolute Gasteiger partial charge is 0.351 e. The topological polar surface area (TPSA) is 72.6 Å². The third-order valence-electron chi connectivity index (χ3n) is 4.49. The van der Waals surface area contributed by atoms with Crippen molar-refractivity contribution in [1.82, 2.24) is 4.57 Å². The number of hydrogen-bond donors (Lipinski definition) is 2. The van der Waals surface area contributed by atoms with Gasteiger partial charge in [-0.15, -0.1) is 0 Å². The van der Waals surface area contributed by atoms with Gasteiger partial charge in [0.1, 0.15) is 11.9 Å². The van der Waals surface area contributed by atoms with E-state index in [1.807, 2.05) is 0 Å². The second-order valence-corrected chi connectivity index (χ2v) is 6.12. The van der Waals surface area contributed by atoms with Crippen LogP contribution in [0.3, 0.4) is 0 Å². The lowest BCUT2D eigenvalue weighted by Crippen LogP contribution is -2.37. The molecule has 10 heteroatoms. The first-order valence-corrected chi connectivity index (χ1v) is 7.66. The molecule has 0 fully saturated rings. The molecule has 1 amide bonds. The Morgan fingerprint density at radius 2 is 2.07 bits per heavy atom. The lowest BCUT2D eigenvalue weighted by Gasteiger charge is -2.30. The van der Waals surface area contributed by atoms with E-state index in [-0.39, 0.29) is 17.8 Å². The Morgan fingerprint density at radius 1 is 1.41 bits per heavy atom. The number of aliphatic hydroxyl groups is 1. The summed E-state index contributed by atoms with van der Waals surface area (Å²) in [6.07, 6.45) is -3.06. The molecule has 2 aromatic rings. The number of benzene rings is 1. The van der Waals surface area contributed by atoms with Crippen LogP contribution in [0.4, 0.5) is 27.6 Å². The highest BCUT2D eigenvalue weighted by Crippen LogP contribution is 2.47. The van der Waals surface area contributed by atoms with Gasteiger partial charge in [0.25, 0.3) is 11.8 Å². The van der Waals surface area contributed by atoms with Gasteiger partial charge in [0, 0.05) is 29.6 Å². The summed E-state index contributed by atoms with van der Waals surface area (Å²) in [5.41, 5.74) is 2.32. The van der Waals surface area contributed by atoms with Crippen molar-refractivity contribution < 1.29 is 31.9 Å². The monoisotopic (exact) mass is 385 g/mol. The molecule has 142 valence electrons. The fourth-order valence-electron chi connectivity index (χ4n) is 3.10. The number of fused-ring (bicyclic) bond motifs is 1. The molecule has 1 heterocycles. The molecule has 1 atom stereocenters. The first-order chi connectivity index (χ1) is 12.5. The van der Waals surface area contributed by atoms with Crippen molar-refractivity contribution in [3.05, 3.63) is 58.5 Å². The highest BCUT2D eigenvalue weighted by Gasteiger charge is 2.51. The number of aliphatic hydroxyl groups excluding tert-OH is 1. The number of alkyl halides is 4. The van der Waals surface area contributed by atoms with Crippen LogP contribution in [0.5, 0.6) is 0 Å². The van der Waals surface area contributed by atoms with E-state index in [1.165, 1.54) is 0 Å². The van der Waals surface area contributed by atoms with Crippen LogP contribution in [-0.2, 0) is 17.1 Å². The van der Waals surface area contributed by atoms with Gasteiger partial charge in [-0.3, -0.25) is 4.79 Å². The van der Waals surface area contributed by atoms with Crippen molar-refractivity contribution in [3.8, 4) is 5.69 Å². The summed E-state index contributed by atoms with van der Waals surface area (Å²) in [6, 6.07) is 3.14. The van der Waals surface area contributed by atoms with Gasteiger partial charge in [-0.05, 0) is 24.6 Å². The van der Waals surface area contributed by atoms with Gasteiger partial charge in [-0.25, -0.2) is 18.0 Å². The maximum Gasteiger partial charge on any atom is 0.351 e. The minimum absolute atomic E-state index is 0.0441. The fourth-order valence-corrected chi connectivity index (χ4v) is 3.10. The van der Waals surface area contributed by atoms with E-state index in [9.17, 15) is 31.9 Å². The van der Waals surface area contributed by atoms with Gasteiger partial charge in [0.15, 0.2) is 0 Å². The molecule has 5 nitrogen and oxygen atoms in total. The van der Waals surface area contributed by atoms with Crippen LogP contribution in [0.2, 0.25) is 0 Å². The van der Waals surface area contributed by atoms with E-state index < -0.39 is 52.9 Å². The van der Waals surface area contributed by atoms with Crippen molar-refractivity contribution in [1.29, 1.82) is 0 Å². The Morgan fingerprint density at radius 3 is 2.67 bits per heavy atom. The Kier molecular flexibility index (Phi) is 4.23. The quantitative estimate of drug-likeness (QED) is 0.628. The molecule has 3 rings (SSSR count). The SMILES string of the molecule is [C-]#[N+]c1cc(-n2cc(C(F)(F)C(N)=O)c3c2CCC(F)(F)C3O)ccc1F. The van der Waals surface area contributed by atoms with Gasteiger partial charge in [-0.2, -0.15) is 8.78 Å².